The molecule has 0 spiro atoms. The van der Waals surface area contributed by atoms with Crippen LogP contribution in [-0.2, 0) is 4.79 Å². The number of urea groups is 1. The zero-order valence-corrected chi connectivity index (χ0v) is 11.7. The number of carboxylic acid groups (broad SMARTS) is 1. The summed E-state index contributed by atoms with van der Waals surface area (Å²) in [5, 5.41) is 13.9. The molecule has 5 nitrogen and oxygen atoms in total. The first-order chi connectivity index (χ1) is 9.33. The van der Waals surface area contributed by atoms with Crippen LogP contribution in [0.25, 0.3) is 0 Å². The van der Waals surface area contributed by atoms with Crippen molar-refractivity contribution in [2.75, 3.05) is 5.32 Å². The summed E-state index contributed by atoms with van der Waals surface area (Å²) >= 11 is 0. The number of benzene rings is 1. The largest absolute Gasteiger partial charge is 0.480 e. The number of hydrogen-bond acceptors (Lipinski definition) is 2. The first-order valence-electron chi connectivity index (χ1n) is 6.41. The van der Waals surface area contributed by atoms with Gasteiger partial charge in [-0.05, 0) is 36.6 Å². The number of nitrogens with one attached hydrogen (secondary N) is 2. The molecule has 0 bridgehead atoms. The lowest BCUT2D eigenvalue weighted by atomic mass is 9.99. The molecule has 1 rings (SSSR count). The van der Waals surface area contributed by atoms with Gasteiger partial charge in [-0.1, -0.05) is 20.3 Å². The molecule has 0 fully saturated rings. The quantitative estimate of drug-likeness (QED) is 0.777. The highest BCUT2D eigenvalue weighted by atomic mass is 19.1. The normalized spacial score (nSPS) is 13.4. The van der Waals surface area contributed by atoms with Gasteiger partial charge in [0.2, 0.25) is 0 Å². The number of halogens is 1. The van der Waals surface area contributed by atoms with Gasteiger partial charge >= 0.3 is 12.0 Å². The van der Waals surface area contributed by atoms with E-state index in [0.29, 0.717) is 12.0 Å². The predicted octanol–water partition coefficient (Wildman–Crippen LogP) is 2.75. The van der Waals surface area contributed by atoms with Crippen molar-refractivity contribution in [3.63, 3.8) is 0 Å². The highest BCUT2D eigenvalue weighted by Crippen LogP contribution is 2.14. The Kier molecular flexibility index (Phi) is 5.49. The van der Waals surface area contributed by atoms with Crippen LogP contribution in [0.1, 0.15) is 25.8 Å². The molecule has 0 aromatic heterocycles. The van der Waals surface area contributed by atoms with Gasteiger partial charge in [0.15, 0.2) is 0 Å². The second kappa shape index (κ2) is 6.88. The van der Waals surface area contributed by atoms with E-state index >= 15 is 0 Å². The van der Waals surface area contributed by atoms with Gasteiger partial charge in [0.25, 0.3) is 0 Å². The summed E-state index contributed by atoms with van der Waals surface area (Å²) in [6.45, 7) is 5.28. The van der Waals surface area contributed by atoms with Gasteiger partial charge in [-0.15, -0.1) is 0 Å². The maximum absolute atomic E-state index is 13.2. The van der Waals surface area contributed by atoms with E-state index in [1.165, 1.54) is 12.1 Å². The summed E-state index contributed by atoms with van der Waals surface area (Å²) in [6.07, 6.45) is 0.621. The Balaban J connectivity index is 2.73. The van der Waals surface area contributed by atoms with Crippen molar-refractivity contribution in [1.82, 2.24) is 5.32 Å². The standard InChI is InChI=1S/C14H19FN2O3/c1-4-9(3)12(13(18)19)17-14(20)16-11-6-8(2)5-10(15)7-11/h5-7,9,12H,4H2,1-3H3,(H,18,19)(H2,16,17,20). The molecule has 0 saturated heterocycles. The van der Waals surface area contributed by atoms with Crippen LogP contribution in [-0.4, -0.2) is 23.1 Å². The number of aryl methyl sites for hydroxylation is 1. The zero-order chi connectivity index (χ0) is 15.3. The number of carbonyl (C=O) groups is 2. The topological polar surface area (TPSA) is 78.4 Å². The zero-order valence-electron chi connectivity index (χ0n) is 11.7. The Morgan fingerprint density at radius 3 is 2.50 bits per heavy atom. The summed E-state index contributed by atoms with van der Waals surface area (Å²) in [4.78, 5) is 22.9. The van der Waals surface area contributed by atoms with E-state index in [2.05, 4.69) is 10.6 Å². The minimum absolute atomic E-state index is 0.201. The van der Waals surface area contributed by atoms with Gasteiger partial charge in [0, 0.05) is 5.69 Å². The van der Waals surface area contributed by atoms with Gasteiger partial charge in [-0.3, -0.25) is 0 Å². The van der Waals surface area contributed by atoms with Crippen LogP contribution >= 0.6 is 0 Å². The molecule has 0 aliphatic carbocycles. The fourth-order valence-electron chi connectivity index (χ4n) is 1.80. The van der Waals surface area contributed by atoms with Crippen molar-refractivity contribution in [1.29, 1.82) is 0 Å². The molecule has 0 aliphatic rings. The van der Waals surface area contributed by atoms with Crippen LogP contribution in [0.2, 0.25) is 0 Å². The Morgan fingerprint density at radius 1 is 1.35 bits per heavy atom. The Labute approximate surface area is 117 Å². The smallest absolute Gasteiger partial charge is 0.326 e. The van der Waals surface area contributed by atoms with Crippen LogP contribution in [0.5, 0.6) is 0 Å². The molecule has 2 unspecified atom stereocenters. The van der Waals surface area contributed by atoms with Crippen LogP contribution in [0.3, 0.4) is 0 Å². The second-order valence-corrected chi connectivity index (χ2v) is 4.82. The molecule has 6 heteroatoms. The Hall–Kier alpha value is -2.11. The van der Waals surface area contributed by atoms with Crippen molar-refractivity contribution in [2.24, 2.45) is 5.92 Å². The van der Waals surface area contributed by atoms with Crippen molar-refractivity contribution in [3.05, 3.63) is 29.6 Å². The van der Waals surface area contributed by atoms with Crippen LogP contribution < -0.4 is 10.6 Å². The highest BCUT2D eigenvalue weighted by Gasteiger charge is 2.25. The van der Waals surface area contributed by atoms with E-state index < -0.39 is 23.9 Å². The number of carbonyl (C=O) groups excluding carboxylic acids is 1. The van der Waals surface area contributed by atoms with Crippen LogP contribution in [0.15, 0.2) is 18.2 Å². The second-order valence-electron chi connectivity index (χ2n) is 4.82. The van der Waals surface area contributed by atoms with E-state index in [9.17, 15) is 14.0 Å². The van der Waals surface area contributed by atoms with E-state index in [-0.39, 0.29) is 11.6 Å². The summed E-state index contributed by atoms with van der Waals surface area (Å²) < 4.78 is 13.2. The molecular formula is C14H19FN2O3. The minimum atomic E-state index is -1.09. The molecule has 3 N–H and O–H groups in total. The minimum Gasteiger partial charge on any atom is -0.480 e. The fourth-order valence-corrected chi connectivity index (χ4v) is 1.80. The maximum Gasteiger partial charge on any atom is 0.326 e. The number of carboxylic acids is 1. The fraction of sp³-hybridized carbons (Fsp3) is 0.429. The predicted molar refractivity (Wildman–Crippen MR) is 74.2 cm³/mol. The Morgan fingerprint density at radius 2 is 2.00 bits per heavy atom. The van der Waals surface area contributed by atoms with E-state index in [4.69, 9.17) is 5.11 Å². The third kappa shape index (κ3) is 4.53. The van der Waals surface area contributed by atoms with Crippen molar-refractivity contribution in [2.45, 2.75) is 33.2 Å². The third-order valence-corrected chi connectivity index (χ3v) is 3.07. The number of anilines is 1. The third-order valence-electron chi connectivity index (χ3n) is 3.07. The van der Waals surface area contributed by atoms with Gasteiger partial charge in [-0.25, -0.2) is 14.0 Å². The van der Waals surface area contributed by atoms with Crippen LogP contribution in [0.4, 0.5) is 14.9 Å². The number of aliphatic carboxylic acids is 1. The molecule has 0 saturated carbocycles. The van der Waals surface area contributed by atoms with Crippen LogP contribution in [0, 0.1) is 18.7 Å². The average molecular weight is 282 g/mol. The molecule has 0 heterocycles. The lowest BCUT2D eigenvalue weighted by Crippen LogP contribution is -2.46. The van der Waals surface area contributed by atoms with Gasteiger partial charge in [0.05, 0.1) is 0 Å². The highest BCUT2D eigenvalue weighted by molar-refractivity contribution is 5.92. The molecule has 110 valence electrons. The summed E-state index contributed by atoms with van der Waals surface area (Å²) in [6, 6.07) is 2.47. The number of rotatable bonds is 5. The first-order valence-corrected chi connectivity index (χ1v) is 6.41. The monoisotopic (exact) mass is 282 g/mol. The summed E-state index contributed by atoms with van der Waals surface area (Å²) in [5.41, 5.74) is 0.949. The lowest BCUT2D eigenvalue weighted by molar-refractivity contribution is -0.140. The molecule has 20 heavy (non-hydrogen) atoms. The van der Waals surface area contributed by atoms with Gasteiger partial charge in [0.1, 0.15) is 11.9 Å². The SMILES string of the molecule is CCC(C)C(NC(=O)Nc1cc(C)cc(F)c1)C(=O)O. The van der Waals surface area contributed by atoms with Gasteiger partial charge < -0.3 is 15.7 Å². The molecule has 2 amide bonds. The van der Waals surface area contributed by atoms with E-state index in [1.807, 2.05) is 6.92 Å². The maximum atomic E-state index is 13.2. The molecule has 1 aromatic rings. The molecule has 1 aromatic carbocycles. The Bertz CT molecular complexity index is 485. The summed E-state index contributed by atoms with van der Waals surface area (Å²) in [5.74, 6) is -1.76. The number of amides is 2. The molecular weight excluding hydrogens is 263 g/mol. The van der Waals surface area contributed by atoms with Crippen molar-refractivity contribution < 1.29 is 19.1 Å². The molecule has 0 aliphatic heterocycles. The molecule has 0 radical (unpaired) electrons. The molecule has 2 atom stereocenters. The number of hydrogen-bond donors (Lipinski definition) is 3. The van der Waals surface area contributed by atoms with E-state index in [0.717, 1.165) is 0 Å². The average Bonchev–Trinajstić information content (AvgIpc) is 2.33. The lowest BCUT2D eigenvalue weighted by Gasteiger charge is -2.20. The van der Waals surface area contributed by atoms with Crippen molar-refractivity contribution in [3.8, 4) is 0 Å². The van der Waals surface area contributed by atoms with Crippen molar-refractivity contribution >= 4 is 17.7 Å². The van der Waals surface area contributed by atoms with Gasteiger partial charge in [-0.2, -0.15) is 0 Å². The first kappa shape index (κ1) is 15.9. The summed E-state index contributed by atoms with van der Waals surface area (Å²) in [7, 11) is 0. The van der Waals surface area contributed by atoms with E-state index in [1.54, 1.807) is 19.9 Å².